The van der Waals surface area contributed by atoms with Crippen molar-refractivity contribution >= 4 is 23.0 Å². The van der Waals surface area contributed by atoms with Crippen molar-refractivity contribution in [3.8, 4) is 0 Å². The molecule has 0 atom stereocenters. The number of thiocarbonyl (C=S) groups is 1. The molecule has 0 unspecified atom stereocenters. The van der Waals surface area contributed by atoms with E-state index >= 15 is 0 Å². The van der Waals surface area contributed by atoms with E-state index in [4.69, 9.17) is 18.0 Å². The third-order valence-corrected chi connectivity index (χ3v) is 3.44. The maximum atomic E-state index is 5.66. The number of pyridine rings is 1. The molecule has 4 nitrogen and oxygen atoms in total. The predicted octanol–water partition coefficient (Wildman–Crippen LogP) is 1.61. The SMILES string of the molecule is NC(=S)c1cccnc1NCCCN1CCCC1. The lowest BCUT2D eigenvalue weighted by Crippen LogP contribution is -2.23. The average molecular weight is 264 g/mol. The quantitative estimate of drug-likeness (QED) is 0.604. The normalized spacial score (nSPS) is 15.8. The van der Waals surface area contributed by atoms with E-state index in [9.17, 15) is 0 Å². The summed E-state index contributed by atoms with van der Waals surface area (Å²) in [5, 5.41) is 3.31. The summed E-state index contributed by atoms with van der Waals surface area (Å²) in [5.41, 5.74) is 6.49. The number of nitrogens with zero attached hydrogens (tertiary/aromatic N) is 2. The minimum atomic E-state index is 0.394. The van der Waals surface area contributed by atoms with Crippen molar-refractivity contribution in [2.75, 3.05) is 31.5 Å². The first-order chi connectivity index (χ1) is 8.77. The van der Waals surface area contributed by atoms with E-state index in [1.807, 2.05) is 12.1 Å². The highest BCUT2D eigenvalue weighted by atomic mass is 32.1. The fourth-order valence-electron chi connectivity index (χ4n) is 2.26. The minimum Gasteiger partial charge on any atom is -0.389 e. The number of nitrogens with one attached hydrogen (secondary N) is 1. The lowest BCUT2D eigenvalue weighted by Gasteiger charge is -2.15. The van der Waals surface area contributed by atoms with Crippen molar-refractivity contribution in [1.82, 2.24) is 9.88 Å². The fourth-order valence-corrected chi connectivity index (χ4v) is 2.43. The van der Waals surface area contributed by atoms with E-state index in [0.29, 0.717) is 4.99 Å². The molecule has 0 aliphatic carbocycles. The van der Waals surface area contributed by atoms with Gasteiger partial charge in [0.25, 0.3) is 0 Å². The zero-order chi connectivity index (χ0) is 12.8. The highest BCUT2D eigenvalue weighted by molar-refractivity contribution is 7.80. The van der Waals surface area contributed by atoms with Crippen LogP contribution >= 0.6 is 12.2 Å². The summed E-state index contributed by atoms with van der Waals surface area (Å²) in [6, 6.07) is 3.75. The molecule has 2 rings (SSSR count). The van der Waals surface area contributed by atoms with E-state index in [-0.39, 0.29) is 0 Å². The van der Waals surface area contributed by atoms with Crippen LogP contribution in [0.5, 0.6) is 0 Å². The van der Waals surface area contributed by atoms with Gasteiger partial charge in [-0.3, -0.25) is 0 Å². The molecule has 3 N–H and O–H groups in total. The van der Waals surface area contributed by atoms with E-state index in [2.05, 4.69) is 15.2 Å². The van der Waals surface area contributed by atoms with Crippen LogP contribution in [0, 0.1) is 0 Å². The number of nitrogens with two attached hydrogens (primary N) is 1. The van der Waals surface area contributed by atoms with E-state index in [1.54, 1.807) is 6.20 Å². The molecule has 98 valence electrons. The molecule has 0 aromatic carbocycles. The van der Waals surface area contributed by atoms with Crippen LogP contribution in [0.25, 0.3) is 0 Å². The Hall–Kier alpha value is -1.20. The molecule has 5 heteroatoms. The van der Waals surface area contributed by atoms with Crippen molar-refractivity contribution in [2.24, 2.45) is 5.73 Å². The Morgan fingerprint density at radius 2 is 2.22 bits per heavy atom. The Kier molecular flexibility index (Phi) is 4.90. The van der Waals surface area contributed by atoms with Gasteiger partial charge in [-0.25, -0.2) is 4.98 Å². The smallest absolute Gasteiger partial charge is 0.136 e. The first-order valence-corrected chi connectivity index (χ1v) is 6.89. The van der Waals surface area contributed by atoms with Crippen molar-refractivity contribution in [1.29, 1.82) is 0 Å². The van der Waals surface area contributed by atoms with Crippen LogP contribution in [0.15, 0.2) is 18.3 Å². The summed E-state index contributed by atoms with van der Waals surface area (Å²) in [4.78, 5) is 7.18. The maximum absolute atomic E-state index is 5.66. The Morgan fingerprint density at radius 1 is 1.44 bits per heavy atom. The first-order valence-electron chi connectivity index (χ1n) is 6.48. The van der Waals surface area contributed by atoms with Gasteiger partial charge in [0, 0.05) is 12.7 Å². The number of hydrogen-bond donors (Lipinski definition) is 2. The number of anilines is 1. The molecule has 1 fully saturated rings. The summed E-state index contributed by atoms with van der Waals surface area (Å²) in [7, 11) is 0. The van der Waals surface area contributed by atoms with Crippen LogP contribution in [0.1, 0.15) is 24.8 Å². The van der Waals surface area contributed by atoms with Gasteiger partial charge in [-0.05, 0) is 51.0 Å². The second-order valence-electron chi connectivity index (χ2n) is 4.59. The highest BCUT2D eigenvalue weighted by Gasteiger charge is 2.10. The molecule has 18 heavy (non-hydrogen) atoms. The second kappa shape index (κ2) is 6.66. The summed E-state index contributed by atoms with van der Waals surface area (Å²) in [6.07, 6.45) is 5.57. The zero-order valence-corrected chi connectivity index (χ0v) is 11.4. The van der Waals surface area contributed by atoms with Gasteiger partial charge in [0.1, 0.15) is 10.8 Å². The molecule has 2 heterocycles. The lowest BCUT2D eigenvalue weighted by atomic mass is 10.2. The van der Waals surface area contributed by atoms with Gasteiger partial charge in [0.2, 0.25) is 0 Å². The fraction of sp³-hybridized carbons (Fsp3) is 0.538. The van der Waals surface area contributed by atoms with E-state index in [1.165, 1.54) is 25.9 Å². The van der Waals surface area contributed by atoms with Crippen LogP contribution in [0.2, 0.25) is 0 Å². The maximum Gasteiger partial charge on any atom is 0.136 e. The molecule has 0 bridgehead atoms. The van der Waals surface area contributed by atoms with Gasteiger partial charge in [-0.1, -0.05) is 12.2 Å². The molecular weight excluding hydrogens is 244 g/mol. The summed E-state index contributed by atoms with van der Waals surface area (Å²) >= 11 is 5.01. The number of hydrogen-bond acceptors (Lipinski definition) is 4. The van der Waals surface area contributed by atoms with Gasteiger partial charge >= 0.3 is 0 Å². The predicted molar refractivity (Wildman–Crippen MR) is 78.9 cm³/mol. The van der Waals surface area contributed by atoms with Gasteiger partial charge in [0.05, 0.1) is 5.56 Å². The van der Waals surface area contributed by atoms with Crippen LogP contribution in [-0.2, 0) is 0 Å². The molecule has 1 aromatic rings. The molecular formula is C13H20N4S. The molecule has 0 amide bonds. The van der Waals surface area contributed by atoms with Crippen molar-refractivity contribution in [2.45, 2.75) is 19.3 Å². The van der Waals surface area contributed by atoms with Crippen LogP contribution in [0.4, 0.5) is 5.82 Å². The Balaban J connectivity index is 1.77. The molecule has 0 saturated carbocycles. The standard InChI is InChI=1S/C13H20N4S/c14-12(18)11-5-3-6-15-13(11)16-7-4-10-17-8-1-2-9-17/h3,5-6H,1-2,4,7-10H2,(H2,14,18)(H,15,16). The molecule has 1 aliphatic heterocycles. The minimum absolute atomic E-state index is 0.394. The van der Waals surface area contributed by atoms with Crippen LogP contribution in [-0.4, -0.2) is 41.1 Å². The Labute approximate surface area is 114 Å². The number of aromatic nitrogens is 1. The molecule has 1 aliphatic rings. The van der Waals surface area contributed by atoms with Gasteiger partial charge in [-0.2, -0.15) is 0 Å². The monoisotopic (exact) mass is 264 g/mol. The largest absolute Gasteiger partial charge is 0.389 e. The highest BCUT2D eigenvalue weighted by Crippen LogP contribution is 2.11. The van der Waals surface area contributed by atoms with Crippen LogP contribution in [0.3, 0.4) is 0 Å². The third-order valence-electron chi connectivity index (χ3n) is 3.22. The van der Waals surface area contributed by atoms with Crippen molar-refractivity contribution < 1.29 is 0 Å². The molecule has 0 spiro atoms. The van der Waals surface area contributed by atoms with Gasteiger partial charge in [0.15, 0.2) is 0 Å². The third kappa shape index (κ3) is 3.65. The van der Waals surface area contributed by atoms with Crippen molar-refractivity contribution in [3.63, 3.8) is 0 Å². The number of rotatable bonds is 6. The lowest BCUT2D eigenvalue weighted by molar-refractivity contribution is 0.337. The van der Waals surface area contributed by atoms with Crippen LogP contribution < -0.4 is 11.1 Å². The zero-order valence-electron chi connectivity index (χ0n) is 10.6. The molecule has 1 saturated heterocycles. The average Bonchev–Trinajstić information content (AvgIpc) is 2.88. The van der Waals surface area contributed by atoms with Crippen molar-refractivity contribution in [3.05, 3.63) is 23.9 Å². The topological polar surface area (TPSA) is 54.2 Å². The summed E-state index contributed by atoms with van der Waals surface area (Å²) in [6.45, 7) is 4.56. The van der Waals surface area contributed by atoms with E-state index < -0.39 is 0 Å². The van der Waals surface area contributed by atoms with Gasteiger partial charge in [-0.15, -0.1) is 0 Å². The number of likely N-dealkylation sites (tertiary alicyclic amines) is 1. The first kappa shape index (κ1) is 13.2. The summed E-state index contributed by atoms with van der Waals surface area (Å²) < 4.78 is 0. The molecule has 0 radical (unpaired) electrons. The van der Waals surface area contributed by atoms with E-state index in [0.717, 1.165) is 30.9 Å². The van der Waals surface area contributed by atoms with Gasteiger partial charge < -0.3 is 16.0 Å². The Morgan fingerprint density at radius 3 is 2.94 bits per heavy atom. The summed E-state index contributed by atoms with van der Waals surface area (Å²) in [5.74, 6) is 0.798. The second-order valence-corrected chi connectivity index (χ2v) is 5.03. The molecule has 1 aromatic heterocycles. The Bertz CT molecular complexity index is 402.